The standard InChI is InChI=1S/C16H20N4O4S/c1-3-20(4-2)25(23,24)13-6-8-16(17-11-13)19-18-10-12-5-7-14(21)15(22)9-12/h5-11,21-22H,3-4H2,1-2H3,(H,17,19)/b18-10-. The number of hydrazone groups is 1. The average molecular weight is 364 g/mol. The van der Waals surface area contributed by atoms with Crippen LogP contribution >= 0.6 is 0 Å². The first kappa shape index (κ1) is 18.7. The first-order valence-corrected chi connectivity index (χ1v) is 9.09. The van der Waals surface area contributed by atoms with Gasteiger partial charge in [-0.15, -0.1) is 0 Å². The Bertz CT molecular complexity index is 847. The molecule has 0 atom stereocenters. The summed E-state index contributed by atoms with van der Waals surface area (Å²) in [5.41, 5.74) is 3.24. The Hall–Kier alpha value is -2.65. The molecular formula is C16H20N4O4S. The molecule has 2 rings (SSSR count). The molecule has 0 saturated carbocycles. The molecule has 9 heteroatoms. The Morgan fingerprint density at radius 1 is 1.16 bits per heavy atom. The normalized spacial score (nSPS) is 12.0. The number of rotatable bonds is 7. The fourth-order valence-electron chi connectivity index (χ4n) is 2.11. The van der Waals surface area contributed by atoms with Crippen LogP contribution in [0.1, 0.15) is 19.4 Å². The van der Waals surface area contributed by atoms with E-state index >= 15 is 0 Å². The molecule has 1 aromatic heterocycles. The van der Waals surface area contributed by atoms with E-state index in [1.165, 1.54) is 41.0 Å². The van der Waals surface area contributed by atoms with Gasteiger partial charge in [0.05, 0.1) is 6.21 Å². The molecule has 0 saturated heterocycles. The molecule has 3 N–H and O–H groups in total. The van der Waals surface area contributed by atoms with Crippen molar-refractivity contribution < 1.29 is 18.6 Å². The van der Waals surface area contributed by atoms with E-state index in [1.54, 1.807) is 19.9 Å². The minimum absolute atomic E-state index is 0.120. The molecule has 0 radical (unpaired) electrons. The Morgan fingerprint density at radius 2 is 1.88 bits per heavy atom. The number of phenolic OH excluding ortho intramolecular Hbond substituents is 2. The summed E-state index contributed by atoms with van der Waals surface area (Å²) in [6.07, 6.45) is 2.71. The van der Waals surface area contributed by atoms with Gasteiger partial charge in [-0.3, -0.25) is 5.43 Å². The Labute approximate surface area is 146 Å². The van der Waals surface area contributed by atoms with Gasteiger partial charge in [0, 0.05) is 19.3 Å². The molecule has 0 fully saturated rings. The van der Waals surface area contributed by atoms with E-state index in [0.717, 1.165) is 0 Å². The van der Waals surface area contributed by atoms with Crippen molar-refractivity contribution >= 4 is 22.1 Å². The number of aromatic hydroxyl groups is 2. The summed E-state index contributed by atoms with van der Waals surface area (Å²) in [6.45, 7) is 4.34. The molecule has 0 aliphatic heterocycles. The maximum absolute atomic E-state index is 12.4. The van der Waals surface area contributed by atoms with Crippen LogP contribution in [-0.4, -0.2) is 47.2 Å². The van der Waals surface area contributed by atoms with Crippen molar-refractivity contribution in [1.82, 2.24) is 9.29 Å². The molecule has 0 unspecified atom stereocenters. The lowest BCUT2D eigenvalue weighted by molar-refractivity contribution is 0.403. The molecule has 0 spiro atoms. The van der Waals surface area contributed by atoms with Crippen molar-refractivity contribution in [2.75, 3.05) is 18.5 Å². The topological polar surface area (TPSA) is 115 Å². The second kappa shape index (κ2) is 7.95. The zero-order valence-electron chi connectivity index (χ0n) is 13.9. The van der Waals surface area contributed by atoms with E-state index in [2.05, 4.69) is 15.5 Å². The van der Waals surface area contributed by atoms with Crippen LogP contribution in [0.5, 0.6) is 11.5 Å². The number of benzene rings is 1. The molecule has 134 valence electrons. The van der Waals surface area contributed by atoms with E-state index < -0.39 is 10.0 Å². The smallest absolute Gasteiger partial charge is 0.244 e. The van der Waals surface area contributed by atoms with Gasteiger partial charge >= 0.3 is 0 Å². The van der Waals surface area contributed by atoms with Crippen LogP contribution in [0, 0.1) is 0 Å². The number of nitrogens with zero attached hydrogens (tertiary/aromatic N) is 3. The molecule has 0 bridgehead atoms. The Kier molecular flexibility index (Phi) is 5.94. The van der Waals surface area contributed by atoms with Crippen molar-refractivity contribution in [2.45, 2.75) is 18.7 Å². The number of sulfonamides is 1. The van der Waals surface area contributed by atoms with Gasteiger partial charge in [-0.1, -0.05) is 13.8 Å². The predicted molar refractivity (Wildman–Crippen MR) is 95.3 cm³/mol. The quantitative estimate of drug-likeness (QED) is 0.393. The predicted octanol–water partition coefficient (Wildman–Crippen LogP) is 1.97. The number of phenols is 2. The molecule has 0 aliphatic rings. The summed E-state index contributed by atoms with van der Waals surface area (Å²) in [6, 6.07) is 7.26. The molecular weight excluding hydrogens is 344 g/mol. The monoisotopic (exact) mass is 364 g/mol. The van der Waals surface area contributed by atoms with E-state index in [1.807, 2.05) is 0 Å². The molecule has 1 heterocycles. The van der Waals surface area contributed by atoms with Gasteiger partial charge in [0.1, 0.15) is 10.7 Å². The zero-order valence-corrected chi connectivity index (χ0v) is 14.7. The fourth-order valence-corrected chi connectivity index (χ4v) is 3.51. The van der Waals surface area contributed by atoms with Crippen molar-refractivity contribution in [3.8, 4) is 11.5 Å². The van der Waals surface area contributed by atoms with Crippen molar-refractivity contribution in [1.29, 1.82) is 0 Å². The molecule has 0 amide bonds. The molecule has 0 aliphatic carbocycles. The molecule has 25 heavy (non-hydrogen) atoms. The Balaban J connectivity index is 2.07. The van der Waals surface area contributed by atoms with Crippen LogP contribution in [0.2, 0.25) is 0 Å². The van der Waals surface area contributed by atoms with Gasteiger partial charge in [-0.2, -0.15) is 9.41 Å². The molecule has 1 aromatic carbocycles. The SMILES string of the molecule is CCN(CC)S(=O)(=O)c1ccc(N/N=C\c2ccc(O)c(O)c2)nc1. The summed E-state index contributed by atoms with van der Waals surface area (Å²) in [4.78, 5) is 4.16. The minimum atomic E-state index is -3.54. The first-order valence-electron chi connectivity index (χ1n) is 7.65. The maximum atomic E-state index is 12.4. The Morgan fingerprint density at radius 3 is 2.44 bits per heavy atom. The van der Waals surface area contributed by atoms with Crippen LogP contribution in [0.3, 0.4) is 0 Å². The number of anilines is 1. The van der Waals surface area contributed by atoms with E-state index in [9.17, 15) is 18.6 Å². The van der Waals surface area contributed by atoms with Crippen LogP contribution < -0.4 is 5.43 Å². The zero-order chi connectivity index (χ0) is 18.4. The second-order valence-corrected chi connectivity index (χ2v) is 7.02. The van der Waals surface area contributed by atoms with Crippen LogP contribution in [0.4, 0.5) is 5.82 Å². The third kappa shape index (κ3) is 4.46. The third-order valence-electron chi connectivity index (χ3n) is 3.47. The maximum Gasteiger partial charge on any atom is 0.244 e. The highest BCUT2D eigenvalue weighted by Crippen LogP contribution is 2.24. The van der Waals surface area contributed by atoms with Crippen LogP contribution in [0.15, 0.2) is 46.5 Å². The van der Waals surface area contributed by atoms with Crippen LogP contribution in [-0.2, 0) is 10.0 Å². The third-order valence-corrected chi connectivity index (χ3v) is 5.51. The highest BCUT2D eigenvalue weighted by molar-refractivity contribution is 7.89. The largest absolute Gasteiger partial charge is 0.504 e. The molecule has 8 nitrogen and oxygen atoms in total. The highest BCUT2D eigenvalue weighted by Gasteiger charge is 2.21. The van der Waals surface area contributed by atoms with Crippen molar-refractivity contribution in [3.05, 3.63) is 42.1 Å². The minimum Gasteiger partial charge on any atom is -0.504 e. The van der Waals surface area contributed by atoms with E-state index in [-0.39, 0.29) is 16.4 Å². The lowest BCUT2D eigenvalue weighted by Crippen LogP contribution is -2.30. The lowest BCUT2D eigenvalue weighted by Gasteiger charge is -2.18. The van der Waals surface area contributed by atoms with Gasteiger partial charge in [0.15, 0.2) is 11.5 Å². The summed E-state index contributed by atoms with van der Waals surface area (Å²) < 4.78 is 26.1. The van der Waals surface area contributed by atoms with Crippen LogP contribution in [0.25, 0.3) is 0 Å². The van der Waals surface area contributed by atoms with E-state index in [4.69, 9.17) is 0 Å². The van der Waals surface area contributed by atoms with Gasteiger partial charge < -0.3 is 10.2 Å². The van der Waals surface area contributed by atoms with Gasteiger partial charge in [-0.05, 0) is 35.9 Å². The number of nitrogens with one attached hydrogen (secondary N) is 1. The number of hydrogen-bond donors (Lipinski definition) is 3. The summed E-state index contributed by atoms with van der Waals surface area (Å²) in [5, 5.41) is 22.6. The van der Waals surface area contributed by atoms with E-state index in [0.29, 0.717) is 24.5 Å². The summed E-state index contributed by atoms with van der Waals surface area (Å²) in [5.74, 6) is -0.0810. The number of pyridine rings is 1. The van der Waals surface area contributed by atoms with Gasteiger partial charge in [0.2, 0.25) is 10.0 Å². The number of hydrogen-bond acceptors (Lipinski definition) is 7. The first-order chi connectivity index (χ1) is 11.9. The lowest BCUT2D eigenvalue weighted by atomic mass is 10.2. The summed E-state index contributed by atoms with van der Waals surface area (Å²) in [7, 11) is -3.54. The highest BCUT2D eigenvalue weighted by atomic mass is 32.2. The van der Waals surface area contributed by atoms with Gasteiger partial charge in [-0.25, -0.2) is 13.4 Å². The van der Waals surface area contributed by atoms with Crippen molar-refractivity contribution in [2.24, 2.45) is 5.10 Å². The second-order valence-electron chi connectivity index (χ2n) is 5.09. The van der Waals surface area contributed by atoms with Gasteiger partial charge in [0.25, 0.3) is 0 Å². The molecule has 2 aromatic rings. The number of aromatic nitrogens is 1. The van der Waals surface area contributed by atoms with Crippen molar-refractivity contribution in [3.63, 3.8) is 0 Å². The average Bonchev–Trinajstić information content (AvgIpc) is 2.59. The summed E-state index contributed by atoms with van der Waals surface area (Å²) >= 11 is 0. The fraction of sp³-hybridized carbons (Fsp3) is 0.250.